The maximum atomic E-state index is 12.8. The molecule has 1 amide bonds. The summed E-state index contributed by atoms with van der Waals surface area (Å²) < 4.78 is 23.5. The zero-order valence-electron chi connectivity index (χ0n) is 40.1. The predicted octanol–water partition coefficient (Wildman–Crippen LogP) is 14.1. The van der Waals surface area contributed by atoms with E-state index in [-0.39, 0.29) is 19.1 Å². The second-order valence-corrected chi connectivity index (χ2v) is 18.6. The Hall–Kier alpha value is -2.84. The number of unbranched alkanes of at least 4 members (excludes halogenated alkanes) is 11. The summed E-state index contributed by atoms with van der Waals surface area (Å²) in [5.74, 6) is -0.174. The number of allylic oxidation sites excluding steroid dienone is 18. The van der Waals surface area contributed by atoms with Crippen LogP contribution in [0.5, 0.6) is 0 Å². The summed E-state index contributed by atoms with van der Waals surface area (Å²) in [5.41, 5.74) is 0. The molecule has 0 aliphatic rings. The molecule has 8 nitrogen and oxygen atoms in total. The molecule has 0 radical (unpaired) electrons. The number of nitrogens with one attached hydrogen (secondary N) is 1. The normalized spacial score (nSPS) is 15.1. The fourth-order valence-corrected chi connectivity index (χ4v) is 6.95. The van der Waals surface area contributed by atoms with Crippen LogP contribution in [0.2, 0.25) is 0 Å². The molecule has 9 heteroatoms. The van der Waals surface area contributed by atoms with Crippen molar-refractivity contribution in [2.45, 2.75) is 180 Å². The van der Waals surface area contributed by atoms with Crippen LogP contribution in [0.4, 0.5) is 0 Å². The lowest BCUT2D eigenvalue weighted by Gasteiger charge is -2.26. The maximum absolute atomic E-state index is 12.8. The summed E-state index contributed by atoms with van der Waals surface area (Å²) in [5, 5.41) is 13.8. The van der Waals surface area contributed by atoms with Crippen LogP contribution in [0.1, 0.15) is 168 Å². The van der Waals surface area contributed by atoms with Crippen LogP contribution < -0.4 is 5.32 Å². The minimum atomic E-state index is -4.32. The Morgan fingerprint density at radius 2 is 0.968 bits per heavy atom. The third-order valence-electron chi connectivity index (χ3n) is 10.0. The van der Waals surface area contributed by atoms with Crippen LogP contribution in [0.15, 0.2) is 109 Å². The topological polar surface area (TPSA) is 105 Å². The van der Waals surface area contributed by atoms with E-state index in [2.05, 4.69) is 129 Å². The smallest absolute Gasteiger partial charge is 0.391 e. The molecule has 0 rings (SSSR count). The van der Waals surface area contributed by atoms with E-state index in [9.17, 15) is 19.4 Å². The molecular formula is C53H92N2O6P+. The van der Waals surface area contributed by atoms with Crippen molar-refractivity contribution in [3.05, 3.63) is 109 Å². The Bertz CT molecular complexity index is 1370. The van der Waals surface area contributed by atoms with Gasteiger partial charge in [0, 0.05) is 6.42 Å². The van der Waals surface area contributed by atoms with E-state index in [0.29, 0.717) is 23.9 Å². The Balaban J connectivity index is 4.14. The zero-order valence-corrected chi connectivity index (χ0v) is 41.0. The van der Waals surface area contributed by atoms with Crippen molar-refractivity contribution >= 4 is 13.7 Å². The van der Waals surface area contributed by atoms with Crippen molar-refractivity contribution in [2.75, 3.05) is 40.9 Å². The lowest BCUT2D eigenvalue weighted by Crippen LogP contribution is -2.46. The third kappa shape index (κ3) is 45.2. The van der Waals surface area contributed by atoms with Gasteiger partial charge in [0.05, 0.1) is 39.9 Å². The molecule has 354 valence electrons. The number of hydrogen-bond acceptors (Lipinski definition) is 5. The molecule has 0 aromatic heterocycles. The van der Waals surface area contributed by atoms with Crippen molar-refractivity contribution in [1.29, 1.82) is 0 Å². The number of aliphatic hydroxyl groups excluding tert-OH is 1. The van der Waals surface area contributed by atoms with Crippen molar-refractivity contribution in [1.82, 2.24) is 5.32 Å². The first-order valence-corrected chi connectivity index (χ1v) is 25.7. The molecule has 0 fully saturated rings. The van der Waals surface area contributed by atoms with Gasteiger partial charge in [0.2, 0.25) is 5.91 Å². The van der Waals surface area contributed by atoms with E-state index in [0.717, 1.165) is 116 Å². The largest absolute Gasteiger partial charge is 0.472 e. The number of carbonyl (C=O) groups excluding carboxylic acids is 1. The number of amides is 1. The lowest BCUT2D eigenvalue weighted by molar-refractivity contribution is -0.870. The first kappa shape index (κ1) is 59.2. The number of rotatable bonds is 42. The van der Waals surface area contributed by atoms with Crippen LogP contribution in [0.3, 0.4) is 0 Å². The molecule has 3 atom stereocenters. The number of phosphoric ester groups is 1. The van der Waals surface area contributed by atoms with Crippen molar-refractivity contribution < 1.29 is 32.9 Å². The third-order valence-corrected chi connectivity index (χ3v) is 11.0. The van der Waals surface area contributed by atoms with E-state index in [4.69, 9.17) is 9.05 Å². The Morgan fingerprint density at radius 3 is 1.42 bits per heavy atom. The Kier molecular flexibility index (Phi) is 41.4. The molecule has 3 N–H and O–H groups in total. The molecule has 0 aliphatic carbocycles. The number of hydrogen-bond donors (Lipinski definition) is 3. The lowest BCUT2D eigenvalue weighted by atomic mass is 10.0. The SMILES string of the molecule is CC/C=C\C/C=C\C/C=C\C/C=C\C/C=C\C/C=C\C/C=C\C/C=C\C/C=C\CCCCCCCC(=O)NC(COP(=O)(O)OCC[N+](C)(C)C)C(O)CCCCCCCCC. The molecule has 0 saturated heterocycles. The van der Waals surface area contributed by atoms with E-state index < -0.39 is 20.0 Å². The van der Waals surface area contributed by atoms with Gasteiger partial charge in [0.25, 0.3) is 0 Å². The summed E-state index contributed by atoms with van der Waals surface area (Å²) in [4.78, 5) is 23.1. The standard InChI is InChI=1S/C53H91N2O6P/c1-6-8-10-12-14-15-16-17-18-19-20-21-22-23-24-25-26-27-28-29-30-31-32-33-34-35-36-37-38-39-41-43-45-47-53(57)54-51(52(56)46-44-42-40-13-11-9-7-2)50-61-62(58,59)60-49-48-55(3,4)5/h8,10,14-15,17-18,20-21,23-24,26-27,29-30,32-33,35-36,51-52,56H,6-7,9,11-13,16,19,22,25,28,31,34,37-50H2,1-5H3,(H-,54,57,58,59)/p+1/b10-8-,15-14-,18-17-,21-20-,24-23-,27-26-,30-29-,33-32-,36-35-. The quantitative estimate of drug-likeness (QED) is 0.0244. The van der Waals surface area contributed by atoms with Gasteiger partial charge in [0.15, 0.2) is 0 Å². The molecule has 3 unspecified atom stereocenters. The highest BCUT2D eigenvalue weighted by atomic mass is 31.2. The molecule has 0 aliphatic heterocycles. The van der Waals surface area contributed by atoms with Gasteiger partial charge in [-0.25, -0.2) is 4.57 Å². The van der Waals surface area contributed by atoms with Gasteiger partial charge >= 0.3 is 7.82 Å². The van der Waals surface area contributed by atoms with Crippen molar-refractivity contribution in [3.63, 3.8) is 0 Å². The predicted molar refractivity (Wildman–Crippen MR) is 267 cm³/mol. The highest BCUT2D eigenvalue weighted by Gasteiger charge is 2.28. The van der Waals surface area contributed by atoms with Crippen LogP contribution in [-0.4, -0.2) is 73.4 Å². The molecule has 0 saturated carbocycles. The van der Waals surface area contributed by atoms with Gasteiger partial charge in [-0.15, -0.1) is 0 Å². The van der Waals surface area contributed by atoms with E-state index in [1.807, 2.05) is 21.1 Å². The monoisotopic (exact) mass is 884 g/mol. The van der Waals surface area contributed by atoms with Gasteiger partial charge in [-0.05, 0) is 83.5 Å². The number of carbonyl (C=O) groups is 1. The Morgan fingerprint density at radius 1 is 0.565 bits per heavy atom. The van der Waals surface area contributed by atoms with Gasteiger partial charge in [-0.3, -0.25) is 13.8 Å². The van der Waals surface area contributed by atoms with Crippen LogP contribution in [0.25, 0.3) is 0 Å². The molecule has 0 spiro atoms. The van der Waals surface area contributed by atoms with Crippen molar-refractivity contribution in [3.8, 4) is 0 Å². The fourth-order valence-electron chi connectivity index (χ4n) is 6.21. The average molecular weight is 884 g/mol. The second-order valence-electron chi connectivity index (χ2n) is 17.1. The van der Waals surface area contributed by atoms with Crippen molar-refractivity contribution in [2.24, 2.45) is 0 Å². The molecule has 62 heavy (non-hydrogen) atoms. The molecule has 0 bridgehead atoms. The summed E-state index contributed by atoms with van der Waals surface area (Å²) in [7, 11) is 1.58. The second kappa shape index (κ2) is 43.4. The zero-order chi connectivity index (χ0) is 45.7. The first-order valence-electron chi connectivity index (χ1n) is 24.3. The van der Waals surface area contributed by atoms with Gasteiger partial charge < -0.3 is 19.8 Å². The fraction of sp³-hybridized carbons (Fsp3) is 0.642. The molecular weight excluding hydrogens is 792 g/mol. The molecule has 0 heterocycles. The van der Waals surface area contributed by atoms with E-state index >= 15 is 0 Å². The molecule has 0 aromatic carbocycles. The highest BCUT2D eigenvalue weighted by Crippen LogP contribution is 2.43. The van der Waals surface area contributed by atoms with E-state index in [1.54, 1.807) is 0 Å². The number of quaternary nitrogens is 1. The summed E-state index contributed by atoms with van der Waals surface area (Å²) in [6, 6.07) is -0.776. The minimum absolute atomic E-state index is 0.0638. The average Bonchev–Trinajstić information content (AvgIpc) is 3.23. The summed E-state index contributed by atoms with van der Waals surface area (Å²) >= 11 is 0. The first-order chi connectivity index (χ1) is 30.0. The van der Waals surface area contributed by atoms with E-state index in [1.165, 1.54) is 25.7 Å². The molecule has 0 aromatic rings. The summed E-state index contributed by atoms with van der Waals surface area (Å²) in [6.45, 7) is 4.67. The number of nitrogens with zero attached hydrogens (tertiary/aromatic N) is 1. The highest BCUT2D eigenvalue weighted by molar-refractivity contribution is 7.47. The van der Waals surface area contributed by atoms with Gasteiger partial charge in [0.1, 0.15) is 13.2 Å². The number of aliphatic hydroxyl groups is 1. The van der Waals surface area contributed by atoms with Crippen LogP contribution in [0, 0.1) is 0 Å². The van der Waals surface area contributed by atoms with Crippen LogP contribution in [-0.2, 0) is 18.4 Å². The van der Waals surface area contributed by atoms with Gasteiger partial charge in [-0.2, -0.15) is 0 Å². The van der Waals surface area contributed by atoms with Gasteiger partial charge in [-0.1, -0.05) is 187 Å². The minimum Gasteiger partial charge on any atom is -0.391 e. The van der Waals surface area contributed by atoms with Crippen LogP contribution >= 0.6 is 7.82 Å². The summed E-state index contributed by atoms with van der Waals surface area (Å²) in [6.07, 6.45) is 63.0. The number of likely N-dealkylation sites (N-methyl/N-ethyl adjacent to an activating group) is 1. The number of phosphoric acid groups is 1. The Labute approximate surface area is 381 Å². The maximum Gasteiger partial charge on any atom is 0.472 e.